The summed E-state index contributed by atoms with van der Waals surface area (Å²) in [5.41, 5.74) is 2.92. The minimum absolute atomic E-state index is 0.173. The molecule has 1 aromatic heterocycles. The normalized spacial score (nSPS) is 14.1. The molecule has 7 heteroatoms. The first kappa shape index (κ1) is 24.5. The highest BCUT2D eigenvalue weighted by Crippen LogP contribution is 2.43. The van der Waals surface area contributed by atoms with E-state index in [9.17, 15) is 18.0 Å². The van der Waals surface area contributed by atoms with Gasteiger partial charge in [0.05, 0.1) is 17.9 Å². The summed E-state index contributed by atoms with van der Waals surface area (Å²) in [6.07, 6.45) is -1.54. The second-order valence-corrected chi connectivity index (χ2v) is 8.28. The maximum absolute atomic E-state index is 13.6. The lowest BCUT2D eigenvalue weighted by molar-refractivity contribution is -0.137. The number of hydrogen-bond donors (Lipinski definition) is 0. The van der Waals surface area contributed by atoms with Gasteiger partial charge in [0.15, 0.2) is 0 Å². The van der Waals surface area contributed by atoms with E-state index >= 15 is 0 Å². The molecule has 35 heavy (non-hydrogen) atoms. The zero-order valence-corrected chi connectivity index (χ0v) is 19.4. The Labute approximate surface area is 202 Å². The van der Waals surface area contributed by atoms with E-state index in [1.165, 1.54) is 6.07 Å². The summed E-state index contributed by atoms with van der Waals surface area (Å²) < 4.78 is 52.0. The molecule has 0 saturated carbocycles. The second kappa shape index (κ2) is 10.8. The van der Waals surface area contributed by atoms with Gasteiger partial charge in [-0.2, -0.15) is 13.2 Å². The van der Waals surface area contributed by atoms with Crippen LogP contribution in [0.5, 0.6) is 5.75 Å². The first-order chi connectivity index (χ1) is 16.9. The van der Waals surface area contributed by atoms with Crippen molar-refractivity contribution in [1.82, 2.24) is 4.98 Å². The van der Waals surface area contributed by atoms with E-state index in [1.807, 2.05) is 30.3 Å². The fourth-order valence-corrected chi connectivity index (χ4v) is 4.21. The summed E-state index contributed by atoms with van der Waals surface area (Å²) in [5.74, 6) is -0.143. The molecule has 4 nitrogen and oxygen atoms in total. The van der Waals surface area contributed by atoms with Crippen LogP contribution in [0, 0.1) is 0 Å². The van der Waals surface area contributed by atoms with E-state index in [0.29, 0.717) is 29.8 Å². The first-order valence-electron chi connectivity index (χ1n) is 11.6. The van der Waals surface area contributed by atoms with Crippen LogP contribution in [-0.4, -0.2) is 17.6 Å². The predicted octanol–water partition coefficient (Wildman–Crippen LogP) is 7.34. The standard InChI is InChI=1S/C28H26F3NO3/c1-2-34-27(33)25-14-8-13-24(32-25)22-12-7-6-11-21(22)23-17-20(28(29,30)31)15-16-26(23)35-18-19-9-4-3-5-10-19/h3-5,8-10,13-17H,2,6-7,11-12,18H2,1H3. The van der Waals surface area contributed by atoms with E-state index in [1.54, 1.807) is 25.1 Å². The topological polar surface area (TPSA) is 48.4 Å². The molecule has 1 aliphatic rings. The molecular weight excluding hydrogens is 455 g/mol. The van der Waals surface area contributed by atoms with Crippen LogP contribution in [0.1, 0.15) is 65.5 Å². The predicted molar refractivity (Wildman–Crippen MR) is 128 cm³/mol. The van der Waals surface area contributed by atoms with Gasteiger partial charge in [0.25, 0.3) is 0 Å². The minimum atomic E-state index is -4.48. The summed E-state index contributed by atoms with van der Waals surface area (Å²) >= 11 is 0. The van der Waals surface area contributed by atoms with Crippen molar-refractivity contribution in [3.8, 4) is 5.75 Å². The molecule has 0 bridgehead atoms. The Morgan fingerprint density at radius 3 is 2.40 bits per heavy atom. The molecule has 0 aliphatic heterocycles. The number of ether oxygens (including phenoxy) is 2. The molecule has 0 amide bonds. The molecule has 182 valence electrons. The number of benzene rings is 2. The lowest BCUT2D eigenvalue weighted by atomic mass is 9.84. The van der Waals surface area contributed by atoms with Crippen molar-refractivity contribution < 1.29 is 27.4 Å². The van der Waals surface area contributed by atoms with Crippen molar-refractivity contribution >= 4 is 17.1 Å². The van der Waals surface area contributed by atoms with Gasteiger partial charge in [0.2, 0.25) is 0 Å². The lowest BCUT2D eigenvalue weighted by Gasteiger charge is -2.24. The third-order valence-corrected chi connectivity index (χ3v) is 5.88. The molecule has 1 aliphatic carbocycles. The second-order valence-electron chi connectivity index (χ2n) is 8.28. The fraction of sp³-hybridized carbons (Fsp3) is 0.286. The molecule has 3 aromatic rings. The van der Waals surface area contributed by atoms with Crippen molar-refractivity contribution in [3.05, 3.63) is 94.8 Å². The van der Waals surface area contributed by atoms with Gasteiger partial charge in [0.1, 0.15) is 18.1 Å². The number of esters is 1. The van der Waals surface area contributed by atoms with Gasteiger partial charge in [-0.3, -0.25) is 0 Å². The number of nitrogens with zero attached hydrogens (tertiary/aromatic N) is 1. The molecule has 0 unspecified atom stereocenters. The smallest absolute Gasteiger partial charge is 0.416 e. The van der Waals surface area contributed by atoms with Crippen molar-refractivity contribution in [1.29, 1.82) is 0 Å². The van der Waals surface area contributed by atoms with Crippen LogP contribution in [0.25, 0.3) is 11.1 Å². The van der Waals surface area contributed by atoms with Gasteiger partial charge in [0, 0.05) is 5.56 Å². The van der Waals surface area contributed by atoms with Crippen LogP contribution in [0.2, 0.25) is 0 Å². The number of halogens is 3. The van der Waals surface area contributed by atoms with Crippen LogP contribution in [0.4, 0.5) is 13.2 Å². The number of aromatic nitrogens is 1. The summed E-state index contributed by atoms with van der Waals surface area (Å²) in [7, 11) is 0. The first-order valence-corrected chi connectivity index (χ1v) is 11.6. The Bertz CT molecular complexity index is 1220. The number of carbonyl (C=O) groups is 1. The number of pyridine rings is 1. The number of rotatable bonds is 7. The molecule has 0 N–H and O–H groups in total. The summed E-state index contributed by atoms with van der Waals surface area (Å²) in [6.45, 7) is 2.18. The Hall–Kier alpha value is -3.61. The Balaban J connectivity index is 1.80. The SMILES string of the molecule is CCOC(=O)c1cccc(C2=C(c3cc(C(F)(F)F)ccc3OCc3ccccc3)CCCC2)n1. The van der Waals surface area contributed by atoms with E-state index in [4.69, 9.17) is 9.47 Å². The fourth-order valence-electron chi connectivity index (χ4n) is 4.21. The Kier molecular flexibility index (Phi) is 7.54. The highest BCUT2D eigenvalue weighted by Gasteiger charge is 2.32. The number of alkyl halides is 3. The van der Waals surface area contributed by atoms with Crippen LogP contribution >= 0.6 is 0 Å². The molecule has 0 fully saturated rings. The zero-order chi connectivity index (χ0) is 24.8. The average molecular weight is 482 g/mol. The summed E-state index contributed by atoms with van der Waals surface area (Å²) in [5, 5.41) is 0. The zero-order valence-electron chi connectivity index (χ0n) is 19.4. The van der Waals surface area contributed by atoms with Gasteiger partial charge in [-0.25, -0.2) is 9.78 Å². The molecule has 0 spiro atoms. The van der Waals surface area contributed by atoms with Crippen molar-refractivity contribution in [2.24, 2.45) is 0 Å². The highest BCUT2D eigenvalue weighted by molar-refractivity contribution is 5.93. The largest absolute Gasteiger partial charge is 0.488 e. The van der Waals surface area contributed by atoms with Gasteiger partial charge in [-0.05, 0) is 79.6 Å². The summed E-state index contributed by atoms with van der Waals surface area (Å²) in [4.78, 5) is 16.7. The Morgan fingerprint density at radius 1 is 0.943 bits per heavy atom. The quantitative estimate of drug-likeness (QED) is 0.331. The molecule has 1 heterocycles. The van der Waals surface area contributed by atoms with E-state index in [-0.39, 0.29) is 18.9 Å². The van der Waals surface area contributed by atoms with Gasteiger partial charge < -0.3 is 9.47 Å². The monoisotopic (exact) mass is 481 g/mol. The number of allylic oxidation sites excluding steroid dienone is 2. The van der Waals surface area contributed by atoms with E-state index in [0.717, 1.165) is 41.7 Å². The number of carbonyl (C=O) groups excluding carboxylic acids is 1. The third-order valence-electron chi connectivity index (χ3n) is 5.88. The third kappa shape index (κ3) is 5.91. The molecular formula is C28H26F3NO3. The molecule has 0 atom stereocenters. The maximum Gasteiger partial charge on any atom is 0.416 e. The molecule has 4 rings (SSSR count). The highest BCUT2D eigenvalue weighted by atomic mass is 19.4. The number of hydrogen-bond acceptors (Lipinski definition) is 4. The summed E-state index contributed by atoms with van der Waals surface area (Å²) in [6, 6.07) is 18.1. The lowest BCUT2D eigenvalue weighted by Crippen LogP contribution is -2.10. The minimum Gasteiger partial charge on any atom is -0.488 e. The van der Waals surface area contributed by atoms with Gasteiger partial charge >= 0.3 is 12.1 Å². The van der Waals surface area contributed by atoms with Gasteiger partial charge in [-0.15, -0.1) is 0 Å². The van der Waals surface area contributed by atoms with E-state index < -0.39 is 17.7 Å². The molecule has 0 saturated heterocycles. The van der Waals surface area contributed by atoms with Crippen LogP contribution in [-0.2, 0) is 17.5 Å². The molecule has 2 aromatic carbocycles. The van der Waals surface area contributed by atoms with Crippen molar-refractivity contribution in [2.75, 3.05) is 6.61 Å². The Morgan fingerprint density at radius 2 is 1.69 bits per heavy atom. The van der Waals surface area contributed by atoms with Crippen LogP contribution < -0.4 is 4.74 Å². The van der Waals surface area contributed by atoms with Crippen LogP contribution in [0.3, 0.4) is 0 Å². The van der Waals surface area contributed by atoms with Gasteiger partial charge in [-0.1, -0.05) is 36.4 Å². The van der Waals surface area contributed by atoms with E-state index in [2.05, 4.69) is 4.98 Å². The van der Waals surface area contributed by atoms with Crippen LogP contribution in [0.15, 0.2) is 66.7 Å². The molecule has 0 radical (unpaired) electrons. The van der Waals surface area contributed by atoms with Crippen molar-refractivity contribution in [2.45, 2.75) is 45.4 Å². The van der Waals surface area contributed by atoms with Crippen molar-refractivity contribution in [3.63, 3.8) is 0 Å². The maximum atomic E-state index is 13.6. The average Bonchev–Trinajstić information content (AvgIpc) is 2.87.